The number of pyridine rings is 1. The van der Waals surface area contributed by atoms with Crippen molar-refractivity contribution in [2.75, 3.05) is 6.54 Å². The Morgan fingerprint density at radius 2 is 1.77 bits per heavy atom. The first kappa shape index (κ1) is 22.6. The molecule has 0 amide bonds. The van der Waals surface area contributed by atoms with Gasteiger partial charge in [0.2, 0.25) is 0 Å². The van der Waals surface area contributed by atoms with Crippen LogP contribution in [0.5, 0.6) is 0 Å². The van der Waals surface area contributed by atoms with Crippen LogP contribution >= 0.6 is 0 Å². The summed E-state index contributed by atoms with van der Waals surface area (Å²) in [6.45, 7) is 1.61. The standard InChI is InChI=1S/C28H35N7/c1-2-9-24-23(8-1)33-27(34-24)19-35(25-10-3-6-20-7-4-15-31-28(20)25)22-13-11-21(12-14-22)32-18-26-29-16-5-17-30-26/h1-2,4-5,7-9,15-17,21-25,32H,3,6,10-14,18-19H2,(H,33,34)/t21-,22-,23?,24?,25?. The number of fused-ring (bicyclic) bond motifs is 2. The van der Waals surface area contributed by atoms with Crippen LogP contribution < -0.4 is 10.6 Å². The van der Waals surface area contributed by atoms with Crippen LogP contribution in [0.25, 0.3) is 0 Å². The van der Waals surface area contributed by atoms with Crippen molar-refractivity contribution in [3.63, 3.8) is 0 Å². The third-order valence-corrected chi connectivity index (χ3v) is 7.98. The molecule has 3 unspecified atom stereocenters. The van der Waals surface area contributed by atoms with Crippen molar-refractivity contribution < 1.29 is 0 Å². The van der Waals surface area contributed by atoms with Gasteiger partial charge in [0.05, 0.1) is 36.9 Å². The SMILES string of the molecule is C1=CC2N=C(CN(C3CCCc4cccnc43)[C@H]3CC[C@H](NCc4ncccn4)CC3)NC2C=C1. The molecule has 3 aliphatic carbocycles. The van der Waals surface area contributed by atoms with E-state index in [-0.39, 0.29) is 6.04 Å². The highest BCUT2D eigenvalue weighted by Crippen LogP contribution is 2.37. The first-order chi connectivity index (χ1) is 17.3. The number of aliphatic imine (C=N–C) groups is 1. The van der Waals surface area contributed by atoms with Gasteiger partial charge in [-0.15, -0.1) is 0 Å². The summed E-state index contributed by atoms with van der Waals surface area (Å²) in [5.74, 6) is 2.00. The fourth-order valence-electron chi connectivity index (χ4n) is 6.19. The number of rotatable bonds is 7. The lowest BCUT2D eigenvalue weighted by Gasteiger charge is -2.43. The molecular weight excluding hydrogens is 434 g/mol. The van der Waals surface area contributed by atoms with Crippen LogP contribution in [0.1, 0.15) is 61.6 Å². The third-order valence-electron chi connectivity index (χ3n) is 7.98. The van der Waals surface area contributed by atoms with Crippen LogP contribution in [0.2, 0.25) is 0 Å². The molecule has 7 heteroatoms. The first-order valence-corrected chi connectivity index (χ1v) is 13.2. The number of aromatic nitrogens is 3. The smallest absolute Gasteiger partial charge is 0.141 e. The Kier molecular flexibility index (Phi) is 6.69. The second kappa shape index (κ2) is 10.4. The quantitative estimate of drug-likeness (QED) is 0.646. The number of nitrogens with zero attached hydrogens (tertiary/aromatic N) is 5. The van der Waals surface area contributed by atoms with Crippen LogP contribution in [0.15, 0.2) is 66.1 Å². The summed E-state index contributed by atoms with van der Waals surface area (Å²) in [6.07, 6.45) is 22.5. The van der Waals surface area contributed by atoms with E-state index in [0.717, 1.165) is 31.2 Å². The first-order valence-electron chi connectivity index (χ1n) is 13.2. The van der Waals surface area contributed by atoms with Gasteiger partial charge in [0.1, 0.15) is 11.7 Å². The fourth-order valence-corrected chi connectivity index (χ4v) is 6.19. The molecule has 3 heterocycles. The van der Waals surface area contributed by atoms with E-state index < -0.39 is 0 Å². The number of nitrogens with one attached hydrogen (secondary N) is 2. The van der Waals surface area contributed by atoms with Crippen LogP contribution in [-0.2, 0) is 13.0 Å². The lowest BCUT2D eigenvalue weighted by molar-refractivity contribution is 0.0997. The van der Waals surface area contributed by atoms with Crippen molar-refractivity contribution in [1.82, 2.24) is 30.5 Å². The lowest BCUT2D eigenvalue weighted by atomic mass is 9.85. The average molecular weight is 470 g/mol. The van der Waals surface area contributed by atoms with Gasteiger partial charge in [-0.05, 0) is 62.6 Å². The topological polar surface area (TPSA) is 78.3 Å². The lowest BCUT2D eigenvalue weighted by Crippen LogP contribution is -2.49. The highest BCUT2D eigenvalue weighted by atomic mass is 15.3. The van der Waals surface area contributed by atoms with Crippen molar-refractivity contribution in [3.05, 3.63) is 78.2 Å². The van der Waals surface area contributed by atoms with Gasteiger partial charge in [0, 0.05) is 30.7 Å². The summed E-state index contributed by atoms with van der Waals surface area (Å²) < 4.78 is 0. The largest absolute Gasteiger partial charge is 0.364 e. The zero-order valence-corrected chi connectivity index (χ0v) is 20.3. The van der Waals surface area contributed by atoms with Gasteiger partial charge in [-0.1, -0.05) is 30.4 Å². The van der Waals surface area contributed by atoms with E-state index in [9.17, 15) is 0 Å². The van der Waals surface area contributed by atoms with E-state index in [2.05, 4.69) is 61.9 Å². The second-order valence-corrected chi connectivity index (χ2v) is 10.2. The number of allylic oxidation sites excluding steroid dienone is 2. The van der Waals surface area contributed by atoms with Crippen LogP contribution in [0.3, 0.4) is 0 Å². The maximum atomic E-state index is 5.05. The molecular formula is C28H35N7. The molecule has 0 spiro atoms. The number of aryl methyl sites for hydroxylation is 1. The van der Waals surface area contributed by atoms with E-state index >= 15 is 0 Å². The van der Waals surface area contributed by atoms with Crippen molar-refractivity contribution in [2.24, 2.45) is 4.99 Å². The molecule has 2 aromatic heterocycles. The van der Waals surface area contributed by atoms with E-state index in [0.29, 0.717) is 24.2 Å². The average Bonchev–Trinajstić information content (AvgIpc) is 3.34. The van der Waals surface area contributed by atoms with Gasteiger partial charge < -0.3 is 10.6 Å². The molecule has 0 bridgehead atoms. The molecule has 1 saturated carbocycles. The summed E-state index contributed by atoms with van der Waals surface area (Å²) in [5, 5.41) is 7.39. The van der Waals surface area contributed by atoms with Gasteiger partial charge in [0.15, 0.2) is 0 Å². The van der Waals surface area contributed by atoms with Gasteiger partial charge in [-0.3, -0.25) is 14.9 Å². The molecule has 182 valence electrons. The van der Waals surface area contributed by atoms with Gasteiger partial charge in [0.25, 0.3) is 0 Å². The van der Waals surface area contributed by atoms with Crippen LogP contribution in [-0.4, -0.2) is 56.4 Å². The molecule has 2 aromatic rings. The Balaban J connectivity index is 1.16. The fraction of sp³-hybridized carbons (Fsp3) is 0.500. The van der Waals surface area contributed by atoms with Crippen molar-refractivity contribution in [2.45, 2.75) is 81.7 Å². The van der Waals surface area contributed by atoms with Gasteiger partial charge in [-0.2, -0.15) is 0 Å². The summed E-state index contributed by atoms with van der Waals surface area (Å²) in [7, 11) is 0. The van der Waals surface area contributed by atoms with Crippen molar-refractivity contribution >= 4 is 5.84 Å². The van der Waals surface area contributed by atoms with Crippen molar-refractivity contribution in [3.8, 4) is 0 Å². The van der Waals surface area contributed by atoms with E-state index in [1.807, 2.05) is 24.7 Å². The van der Waals surface area contributed by atoms with Gasteiger partial charge in [-0.25, -0.2) is 9.97 Å². The number of hydrogen-bond donors (Lipinski definition) is 2. The Labute approximate surface area is 207 Å². The maximum Gasteiger partial charge on any atom is 0.141 e. The minimum Gasteiger partial charge on any atom is -0.364 e. The second-order valence-electron chi connectivity index (χ2n) is 10.2. The van der Waals surface area contributed by atoms with E-state index in [1.165, 1.54) is 49.8 Å². The van der Waals surface area contributed by atoms with Crippen molar-refractivity contribution in [1.29, 1.82) is 0 Å². The van der Waals surface area contributed by atoms with E-state index in [4.69, 9.17) is 9.98 Å². The molecule has 7 nitrogen and oxygen atoms in total. The van der Waals surface area contributed by atoms with Gasteiger partial charge >= 0.3 is 0 Å². The molecule has 4 aliphatic rings. The Hall–Kier alpha value is -2.90. The summed E-state index contributed by atoms with van der Waals surface area (Å²) in [6, 6.07) is 8.19. The highest BCUT2D eigenvalue weighted by Gasteiger charge is 2.36. The molecule has 2 N–H and O–H groups in total. The Morgan fingerprint density at radius 1 is 0.943 bits per heavy atom. The molecule has 0 radical (unpaired) electrons. The molecule has 0 aromatic carbocycles. The zero-order valence-electron chi connectivity index (χ0n) is 20.3. The number of amidine groups is 1. The summed E-state index contributed by atoms with van der Waals surface area (Å²) in [4.78, 5) is 21.4. The molecule has 1 aliphatic heterocycles. The third kappa shape index (κ3) is 5.07. The van der Waals surface area contributed by atoms with E-state index in [1.54, 1.807) is 0 Å². The van der Waals surface area contributed by atoms with Crippen LogP contribution in [0, 0.1) is 0 Å². The number of hydrogen-bond acceptors (Lipinski definition) is 7. The monoisotopic (exact) mass is 469 g/mol. The Bertz CT molecular complexity index is 1090. The molecule has 35 heavy (non-hydrogen) atoms. The predicted octanol–water partition coefficient (Wildman–Crippen LogP) is 3.52. The summed E-state index contributed by atoms with van der Waals surface area (Å²) >= 11 is 0. The molecule has 1 fully saturated rings. The minimum absolute atomic E-state index is 0.230. The predicted molar refractivity (Wildman–Crippen MR) is 138 cm³/mol. The zero-order chi connectivity index (χ0) is 23.5. The summed E-state index contributed by atoms with van der Waals surface area (Å²) in [5.41, 5.74) is 2.71. The van der Waals surface area contributed by atoms with Crippen LogP contribution in [0.4, 0.5) is 0 Å². The minimum atomic E-state index is 0.230. The Morgan fingerprint density at radius 3 is 2.63 bits per heavy atom. The molecule has 0 saturated heterocycles. The molecule has 6 rings (SSSR count). The molecule has 3 atom stereocenters. The normalized spacial score (nSPS) is 29.4. The highest BCUT2D eigenvalue weighted by molar-refractivity contribution is 5.87. The maximum absolute atomic E-state index is 5.05.